The number of aromatic amines is 1. The van der Waals surface area contributed by atoms with Gasteiger partial charge in [-0.15, -0.1) is 0 Å². The van der Waals surface area contributed by atoms with Crippen LogP contribution in [0.15, 0.2) is 84.9 Å². The van der Waals surface area contributed by atoms with Crippen molar-refractivity contribution in [1.82, 2.24) is 15.2 Å². The Morgan fingerprint density at radius 2 is 1.57 bits per heavy atom. The molecule has 4 aromatic rings. The van der Waals surface area contributed by atoms with Crippen LogP contribution in [-0.4, -0.2) is 28.4 Å². The number of rotatable bonds is 3. The van der Waals surface area contributed by atoms with Crippen molar-refractivity contribution in [3.63, 3.8) is 0 Å². The molecular weight excluding hydrogens is 370 g/mol. The Balaban J connectivity index is 1.45. The van der Waals surface area contributed by atoms with Crippen molar-refractivity contribution in [2.24, 2.45) is 0 Å². The molecule has 2 N–H and O–H groups in total. The molecule has 0 spiro atoms. The monoisotopic (exact) mass is 393 g/mol. The van der Waals surface area contributed by atoms with Crippen LogP contribution in [0.3, 0.4) is 0 Å². The second-order valence-electron chi connectivity index (χ2n) is 8.30. The van der Waals surface area contributed by atoms with E-state index < -0.39 is 0 Å². The maximum absolute atomic E-state index is 13.4. The first kappa shape index (κ1) is 17.5. The van der Waals surface area contributed by atoms with E-state index in [1.807, 2.05) is 29.2 Å². The third kappa shape index (κ3) is 2.68. The Kier molecular flexibility index (Phi) is 3.99. The van der Waals surface area contributed by atoms with Gasteiger partial charge < -0.3 is 9.88 Å². The van der Waals surface area contributed by atoms with E-state index in [9.17, 15) is 4.79 Å². The number of fused-ring (bicyclic) bond motifs is 5. The molecule has 3 atom stereocenters. The van der Waals surface area contributed by atoms with Crippen LogP contribution in [-0.2, 0) is 11.3 Å². The molecule has 0 aliphatic carbocycles. The molecule has 3 aromatic carbocycles. The van der Waals surface area contributed by atoms with Crippen LogP contribution in [0.2, 0.25) is 0 Å². The van der Waals surface area contributed by atoms with Crippen molar-refractivity contribution in [2.75, 3.05) is 6.54 Å². The second-order valence-corrected chi connectivity index (χ2v) is 8.30. The SMILES string of the molecule is O=C1[C@H]2N[C@H](c3ccccc3)c3[nH]c4ccccc4c3[C@H]2CN1Cc1ccccc1. The molecule has 2 aliphatic heterocycles. The number of hydrogen-bond acceptors (Lipinski definition) is 2. The Bertz CT molecular complexity index is 1220. The first-order valence-electron chi connectivity index (χ1n) is 10.5. The molecule has 30 heavy (non-hydrogen) atoms. The lowest BCUT2D eigenvalue weighted by atomic mass is 9.83. The zero-order chi connectivity index (χ0) is 20.1. The average Bonchev–Trinajstić information content (AvgIpc) is 3.33. The molecule has 4 nitrogen and oxygen atoms in total. The molecule has 0 bridgehead atoms. The zero-order valence-electron chi connectivity index (χ0n) is 16.6. The van der Waals surface area contributed by atoms with Crippen molar-refractivity contribution in [1.29, 1.82) is 0 Å². The van der Waals surface area contributed by atoms with E-state index in [1.54, 1.807) is 0 Å². The number of para-hydroxylation sites is 1. The van der Waals surface area contributed by atoms with Crippen LogP contribution in [0.25, 0.3) is 10.9 Å². The maximum Gasteiger partial charge on any atom is 0.240 e. The fourth-order valence-electron chi connectivity index (χ4n) is 5.18. The van der Waals surface area contributed by atoms with Gasteiger partial charge in [-0.05, 0) is 22.8 Å². The highest BCUT2D eigenvalue weighted by Gasteiger charge is 2.48. The smallest absolute Gasteiger partial charge is 0.240 e. The number of amides is 1. The summed E-state index contributed by atoms with van der Waals surface area (Å²) in [7, 11) is 0. The summed E-state index contributed by atoms with van der Waals surface area (Å²) in [6.45, 7) is 1.39. The Morgan fingerprint density at radius 1 is 0.867 bits per heavy atom. The van der Waals surface area contributed by atoms with Crippen LogP contribution in [0.4, 0.5) is 0 Å². The number of nitrogens with zero attached hydrogens (tertiary/aromatic N) is 1. The van der Waals surface area contributed by atoms with Crippen molar-refractivity contribution >= 4 is 16.8 Å². The third-order valence-electron chi connectivity index (χ3n) is 6.53. The minimum absolute atomic E-state index is 0.0181. The number of likely N-dealkylation sites (tertiary alicyclic amines) is 1. The van der Waals surface area contributed by atoms with Crippen LogP contribution in [0.1, 0.15) is 34.3 Å². The quantitative estimate of drug-likeness (QED) is 0.543. The van der Waals surface area contributed by atoms with E-state index >= 15 is 0 Å². The number of benzene rings is 3. The Morgan fingerprint density at radius 3 is 2.37 bits per heavy atom. The Hall–Kier alpha value is -3.37. The molecule has 1 amide bonds. The van der Waals surface area contributed by atoms with Crippen LogP contribution in [0.5, 0.6) is 0 Å². The lowest BCUT2D eigenvalue weighted by Gasteiger charge is -2.32. The maximum atomic E-state index is 13.4. The molecular formula is C26H23N3O. The van der Waals surface area contributed by atoms with Gasteiger partial charge in [0.2, 0.25) is 5.91 Å². The zero-order valence-corrected chi connectivity index (χ0v) is 16.6. The van der Waals surface area contributed by atoms with Gasteiger partial charge in [-0.2, -0.15) is 0 Å². The van der Waals surface area contributed by atoms with Gasteiger partial charge in [-0.25, -0.2) is 0 Å². The highest BCUT2D eigenvalue weighted by atomic mass is 16.2. The number of carbonyl (C=O) groups is 1. The number of hydrogen-bond donors (Lipinski definition) is 2. The van der Waals surface area contributed by atoms with Gasteiger partial charge in [0.25, 0.3) is 0 Å². The molecule has 1 saturated heterocycles. The predicted molar refractivity (Wildman–Crippen MR) is 118 cm³/mol. The van der Waals surface area contributed by atoms with Gasteiger partial charge in [0.05, 0.1) is 12.1 Å². The Labute approximate surface area is 175 Å². The van der Waals surface area contributed by atoms with Crippen molar-refractivity contribution < 1.29 is 4.79 Å². The molecule has 6 rings (SSSR count). The van der Waals surface area contributed by atoms with Gasteiger partial charge in [-0.1, -0.05) is 78.9 Å². The summed E-state index contributed by atoms with van der Waals surface area (Å²) in [5, 5.41) is 4.93. The summed E-state index contributed by atoms with van der Waals surface area (Å²) in [6.07, 6.45) is 0. The molecule has 148 valence electrons. The lowest BCUT2D eigenvalue weighted by molar-refractivity contribution is -0.130. The van der Waals surface area contributed by atoms with Crippen molar-refractivity contribution in [3.8, 4) is 0 Å². The fourth-order valence-corrected chi connectivity index (χ4v) is 5.18. The second kappa shape index (κ2) is 6.85. The van der Waals surface area contributed by atoms with Gasteiger partial charge in [0.1, 0.15) is 0 Å². The van der Waals surface area contributed by atoms with E-state index in [-0.39, 0.29) is 23.9 Å². The van der Waals surface area contributed by atoms with Crippen molar-refractivity contribution in [3.05, 3.63) is 107 Å². The van der Waals surface area contributed by atoms with E-state index in [0.29, 0.717) is 6.54 Å². The van der Waals surface area contributed by atoms with Crippen LogP contribution < -0.4 is 5.32 Å². The summed E-state index contributed by atoms with van der Waals surface area (Å²) in [6, 6.07) is 28.9. The van der Waals surface area contributed by atoms with Gasteiger partial charge >= 0.3 is 0 Å². The highest BCUT2D eigenvalue weighted by Crippen LogP contribution is 2.44. The lowest BCUT2D eigenvalue weighted by Crippen LogP contribution is -2.45. The summed E-state index contributed by atoms with van der Waals surface area (Å²) in [5.74, 6) is 0.341. The van der Waals surface area contributed by atoms with E-state index in [0.717, 1.165) is 12.1 Å². The van der Waals surface area contributed by atoms with Crippen LogP contribution in [0, 0.1) is 0 Å². The molecule has 0 unspecified atom stereocenters. The predicted octanol–water partition coefficient (Wildman–Crippen LogP) is 4.36. The first-order valence-corrected chi connectivity index (χ1v) is 10.5. The van der Waals surface area contributed by atoms with Crippen molar-refractivity contribution in [2.45, 2.75) is 24.5 Å². The molecule has 4 heteroatoms. The fraction of sp³-hybridized carbons (Fsp3) is 0.192. The molecule has 1 fully saturated rings. The molecule has 1 aromatic heterocycles. The van der Waals surface area contributed by atoms with Gasteiger partial charge in [0.15, 0.2) is 0 Å². The normalized spacial score (nSPS) is 22.9. The molecule has 2 aliphatic rings. The molecule has 0 radical (unpaired) electrons. The van der Waals surface area contributed by atoms with Crippen LogP contribution >= 0.6 is 0 Å². The van der Waals surface area contributed by atoms with Gasteiger partial charge in [0, 0.05) is 35.6 Å². The average molecular weight is 393 g/mol. The number of carbonyl (C=O) groups excluding carboxylic acids is 1. The first-order chi connectivity index (χ1) is 14.8. The summed E-state index contributed by atoms with van der Waals surface area (Å²) in [5.41, 5.74) is 5.98. The standard InChI is InChI=1S/C26H23N3O/c30-26-24-20(16-29(26)15-17-9-3-1-4-10-17)22-19-13-7-8-14-21(19)27-25(22)23(28-24)18-11-5-2-6-12-18/h1-14,20,23-24,27-28H,15-16H2/t20-,23-,24+/m1/s1. The number of aromatic nitrogens is 1. The minimum Gasteiger partial charge on any atom is -0.357 e. The summed E-state index contributed by atoms with van der Waals surface area (Å²) < 4.78 is 0. The largest absolute Gasteiger partial charge is 0.357 e. The highest BCUT2D eigenvalue weighted by molar-refractivity contribution is 5.92. The topological polar surface area (TPSA) is 48.1 Å². The van der Waals surface area contributed by atoms with Gasteiger partial charge in [-0.3, -0.25) is 10.1 Å². The van der Waals surface area contributed by atoms with E-state index in [1.165, 1.54) is 27.8 Å². The summed E-state index contributed by atoms with van der Waals surface area (Å²) >= 11 is 0. The minimum atomic E-state index is -0.203. The van der Waals surface area contributed by atoms with E-state index in [4.69, 9.17) is 0 Å². The number of nitrogens with one attached hydrogen (secondary N) is 2. The summed E-state index contributed by atoms with van der Waals surface area (Å²) in [4.78, 5) is 19.1. The number of H-pyrrole nitrogens is 1. The third-order valence-corrected chi connectivity index (χ3v) is 6.53. The molecule has 3 heterocycles. The molecule has 0 saturated carbocycles. The van der Waals surface area contributed by atoms with E-state index in [2.05, 4.69) is 71.0 Å².